The predicted molar refractivity (Wildman–Crippen MR) is 110 cm³/mol. The third-order valence-electron chi connectivity index (χ3n) is 4.45. The maximum Gasteiger partial charge on any atom is 0.256 e. The molecule has 0 spiro atoms. The molecule has 28 heavy (non-hydrogen) atoms. The number of hydrogen-bond acceptors (Lipinski definition) is 4. The number of anilines is 1. The second-order valence-corrected chi connectivity index (χ2v) is 6.85. The summed E-state index contributed by atoms with van der Waals surface area (Å²) in [6, 6.07) is 16.5. The van der Waals surface area contributed by atoms with Crippen LogP contribution in [-0.2, 0) is 9.59 Å². The fourth-order valence-corrected chi connectivity index (χ4v) is 3.16. The normalized spacial score (nSPS) is 16.1. The second-order valence-electron chi connectivity index (χ2n) is 6.45. The number of nitrogens with zero attached hydrogens (tertiary/aromatic N) is 2. The number of amides is 2. The van der Waals surface area contributed by atoms with Crippen LogP contribution in [-0.4, -0.2) is 30.7 Å². The van der Waals surface area contributed by atoms with E-state index in [0.29, 0.717) is 30.3 Å². The van der Waals surface area contributed by atoms with Crippen molar-refractivity contribution in [3.63, 3.8) is 0 Å². The molecule has 1 aliphatic rings. The van der Waals surface area contributed by atoms with Gasteiger partial charge < -0.3 is 10.1 Å². The van der Waals surface area contributed by atoms with Gasteiger partial charge in [-0.3, -0.25) is 9.59 Å². The van der Waals surface area contributed by atoms with Crippen molar-refractivity contribution in [1.82, 2.24) is 5.32 Å². The van der Waals surface area contributed by atoms with E-state index >= 15 is 0 Å². The van der Waals surface area contributed by atoms with Gasteiger partial charge in [-0.15, -0.1) is 0 Å². The largest absolute Gasteiger partial charge is 0.490 e. The lowest BCUT2D eigenvalue weighted by molar-refractivity contribution is -0.122. The molecule has 0 fully saturated rings. The van der Waals surface area contributed by atoms with Crippen molar-refractivity contribution < 1.29 is 14.3 Å². The van der Waals surface area contributed by atoms with Crippen molar-refractivity contribution in [1.29, 1.82) is 0 Å². The number of carbonyl (C=O) groups is 2. The maximum absolute atomic E-state index is 12.6. The van der Waals surface area contributed by atoms with Crippen molar-refractivity contribution in [3.8, 4) is 5.75 Å². The van der Waals surface area contributed by atoms with Crippen molar-refractivity contribution in [2.45, 2.75) is 19.8 Å². The molecule has 6 nitrogen and oxygen atoms in total. The first-order valence-electron chi connectivity index (χ1n) is 9.14. The van der Waals surface area contributed by atoms with Gasteiger partial charge in [-0.25, -0.2) is 5.01 Å². The molecule has 0 radical (unpaired) electrons. The molecule has 2 amide bonds. The van der Waals surface area contributed by atoms with E-state index in [0.717, 1.165) is 11.4 Å². The minimum absolute atomic E-state index is 0.0986. The van der Waals surface area contributed by atoms with Crippen molar-refractivity contribution >= 4 is 34.8 Å². The van der Waals surface area contributed by atoms with Gasteiger partial charge in [0.25, 0.3) is 5.91 Å². The van der Waals surface area contributed by atoms with Crippen LogP contribution in [0, 0.1) is 5.92 Å². The third-order valence-corrected chi connectivity index (χ3v) is 4.76. The molecule has 3 rings (SSSR count). The van der Waals surface area contributed by atoms with Crippen LogP contribution < -0.4 is 15.1 Å². The van der Waals surface area contributed by atoms with Gasteiger partial charge in [0.1, 0.15) is 12.4 Å². The molecular formula is C21H22ClN3O3. The highest BCUT2D eigenvalue weighted by molar-refractivity contribution is 6.32. The van der Waals surface area contributed by atoms with E-state index in [1.807, 2.05) is 49.4 Å². The van der Waals surface area contributed by atoms with Crippen LogP contribution in [0.15, 0.2) is 59.7 Å². The molecule has 2 aromatic carbocycles. The smallest absolute Gasteiger partial charge is 0.256 e. The number of rotatable bonds is 8. The van der Waals surface area contributed by atoms with Crippen LogP contribution in [0.25, 0.3) is 0 Å². The topological polar surface area (TPSA) is 71.0 Å². The Kier molecular flexibility index (Phi) is 6.66. The Hall–Kier alpha value is -2.86. The van der Waals surface area contributed by atoms with Gasteiger partial charge in [-0.05, 0) is 37.6 Å². The highest BCUT2D eigenvalue weighted by atomic mass is 35.5. The standard InChI is InChI=1S/C21H22ClN3O3/c1-15-17(21(27)25(24-15)16-7-3-2-4-8-16)11-12-20(26)23-13-14-28-19-10-6-5-9-18(19)22/h2-10,17H,11-14H2,1H3,(H,23,26)/t17-/m1/s1. The maximum atomic E-state index is 12.6. The Labute approximate surface area is 169 Å². The highest BCUT2D eigenvalue weighted by Gasteiger charge is 2.34. The van der Waals surface area contributed by atoms with Crippen LogP contribution >= 0.6 is 11.6 Å². The quantitative estimate of drug-likeness (QED) is 0.688. The molecule has 0 unspecified atom stereocenters. The molecule has 1 aliphatic heterocycles. The van der Waals surface area contributed by atoms with Gasteiger partial charge in [-0.1, -0.05) is 41.9 Å². The number of hydrogen-bond donors (Lipinski definition) is 1. The summed E-state index contributed by atoms with van der Waals surface area (Å²) in [5.41, 5.74) is 1.46. The lowest BCUT2D eigenvalue weighted by Gasteiger charge is -2.14. The zero-order valence-electron chi connectivity index (χ0n) is 15.6. The highest BCUT2D eigenvalue weighted by Crippen LogP contribution is 2.26. The first-order valence-corrected chi connectivity index (χ1v) is 9.52. The molecule has 0 aliphatic carbocycles. The average Bonchev–Trinajstić information content (AvgIpc) is 2.99. The summed E-state index contributed by atoms with van der Waals surface area (Å²) < 4.78 is 5.54. The van der Waals surface area contributed by atoms with Crippen LogP contribution in [0.5, 0.6) is 5.75 Å². The molecule has 0 saturated heterocycles. The number of halogens is 1. The Morgan fingerprint density at radius 3 is 2.64 bits per heavy atom. The minimum atomic E-state index is -0.370. The fraction of sp³-hybridized carbons (Fsp3) is 0.286. The monoisotopic (exact) mass is 399 g/mol. The van der Waals surface area contributed by atoms with Gasteiger partial charge in [0.05, 0.1) is 23.2 Å². The second kappa shape index (κ2) is 9.37. The van der Waals surface area contributed by atoms with E-state index in [-0.39, 0.29) is 24.2 Å². The summed E-state index contributed by atoms with van der Waals surface area (Å²) in [4.78, 5) is 24.7. The van der Waals surface area contributed by atoms with Gasteiger partial charge >= 0.3 is 0 Å². The van der Waals surface area contributed by atoms with E-state index in [9.17, 15) is 9.59 Å². The molecule has 1 atom stereocenters. The minimum Gasteiger partial charge on any atom is -0.490 e. The van der Waals surface area contributed by atoms with Crippen LogP contribution in [0.3, 0.4) is 0 Å². The zero-order chi connectivity index (χ0) is 19.9. The molecule has 2 aromatic rings. The summed E-state index contributed by atoms with van der Waals surface area (Å²) in [6.45, 7) is 2.51. The summed E-state index contributed by atoms with van der Waals surface area (Å²) in [6.07, 6.45) is 0.673. The summed E-state index contributed by atoms with van der Waals surface area (Å²) in [7, 11) is 0. The third kappa shape index (κ3) is 4.89. The van der Waals surface area contributed by atoms with E-state index in [4.69, 9.17) is 16.3 Å². The van der Waals surface area contributed by atoms with E-state index in [1.165, 1.54) is 5.01 Å². The Bertz CT molecular complexity index is 870. The molecule has 0 saturated carbocycles. The number of benzene rings is 2. The van der Waals surface area contributed by atoms with Gasteiger partial charge in [0.2, 0.25) is 5.91 Å². The lowest BCUT2D eigenvalue weighted by Crippen LogP contribution is -2.31. The van der Waals surface area contributed by atoms with Crippen molar-refractivity contribution in [2.75, 3.05) is 18.2 Å². The lowest BCUT2D eigenvalue weighted by atomic mass is 9.98. The summed E-state index contributed by atoms with van der Waals surface area (Å²) >= 11 is 6.01. The number of nitrogens with one attached hydrogen (secondary N) is 1. The average molecular weight is 400 g/mol. The Balaban J connectivity index is 1.41. The van der Waals surface area contributed by atoms with Gasteiger partial charge in [-0.2, -0.15) is 5.10 Å². The summed E-state index contributed by atoms with van der Waals surface area (Å²) in [5.74, 6) is -0.00629. The van der Waals surface area contributed by atoms with Crippen LogP contribution in [0.1, 0.15) is 19.8 Å². The number of hydrazone groups is 1. The molecule has 1 N–H and O–H groups in total. The zero-order valence-corrected chi connectivity index (χ0v) is 16.4. The number of carbonyl (C=O) groups excluding carboxylic acids is 2. The first-order chi connectivity index (χ1) is 13.6. The van der Waals surface area contributed by atoms with Crippen LogP contribution in [0.2, 0.25) is 5.02 Å². The molecule has 146 valence electrons. The molecule has 7 heteroatoms. The molecule has 1 heterocycles. The summed E-state index contributed by atoms with van der Waals surface area (Å²) in [5, 5.41) is 9.10. The van der Waals surface area contributed by atoms with Gasteiger partial charge in [0.15, 0.2) is 0 Å². The fourth-order valence-electron chi connectivity index (χ4n) is 2.97. The van der Waals surface area contributed by atoms with Crippen molar-refractivity contribution in [2.24, 2.45) is 11.0 Å². The number of ether oxygens (including phenoxy) is 1. The van der Waals surface area contributed by atoms with E-state index < -0.39 is 0 Å². The van der Waals surface area contributed by atoms with E-state index in [1.54, 1.807) is 12.1 Å². The van der Waals surface area contributed by atoms with Gasteiger partial charge in [0, 0.05) is 12.1 Å². The first kappa shape index (κ1) is 19.9. The Morgan fingerprint density at radius 2 is 1.89 bits per heavy atom. The van der Waals surface area contributed by atoms with Crippen LogP contribution in [0.4, 0.5) is 5.69 Å². The van der Waals surface area contributed by atoms with E-state index in [2.05, 4.69) is 10.4 Å². The molecule has 0 aromatic heterocycles. The predicted octanol–water partition coefficient (Wildman–Crippen LogP) is 3.65. The van der Waals surface area contributed by atoms with Crippen molar-refractivity contribution in [3.05, 3.63) is 59.6 Å². The molecular weight excluding hydrogens is 378 g/mol. The Morgan fingerprint density at radius 1 is 1.18 bits per heavy atom. The molecule has 0 bridgehead atoms. The SMILES string of the molecule is CC1=NN(c2ccccc2)C(=O)[C@@H]1CCC(=O)NCCOc1ccccc1Cl. The number of para-hydroxylation sites is 2.